The molecule has 1 amide bonds. The Morgan fingerprint density at radius 1 is 1.14 bits per heavy atom. The average molecular weight is 385 g/mol. The van der Waals surface area contributed by atoms with Crippen molar-refractivity contribution in [3.05, 3.63) is 59.9 Å². The minimum Gasteiger partial charge on any atom is -0.494 e. The fourth-order valence-electron chi connectivity index (χ4n) is 3.01. The number of anilines is 1. The Morgan fingerprint density at radius 3 is 2.54 bits per heavy atom. The molecule has 6 nitrogen and oxygen atoms in total. The third kappa shape index (κ3) is 4.36. The van der Waals surface area contributed by atoms with Crippen molar-refractivity contribution in [2.45, 2.75) is 13.3 Å². The third-order valence-electron chi connectivity index (χ3n) is 4.43. The van der Waals surface area contributed by atoms with Crippen LogP contribution >= 0.6 is 0 Å². The number of amides is 1. The van der Waals surface area contributed by atoms with Gasteiger partial charge in [0.2, 0.25) is 5.91 Å². The van der Waals surface area contributed by atoms with Crippen molar-refractivity contribution < 1.29 is 28.2 Å². The van der Waals surface area contributed by atoms with Gasteiger partial charge in [-0.2, -0.15) is 0 Å². The molecule has 2 aromatic rings. The molecule has 1 aliphatic heterocycles. The van der Waals surface area contributed by atoms with Gasteiger partial charge in [-0.25, -0.2) is 4.39 Å². The highest BCUT2D eigenvalue weighted by molar-refractivity contribution is 6.01. The van der Waals surface area contributed by atoms with Gasteiger partial charge in [-0.1, -0.05) is 12.1 Å². The Balaban J connectivity index is 1.56. The van der Waals surface area contributed by atoms with E-state index in [2.05, 4.69) is 0 Å². The first-order chi connectivity index (χ1) is 13.5. The summed E-state index contributed by atoms with van der Waals surface area (Å²) in [5.74, 6) is -1.98. The lowest BCUT2D eigenvalue weighted by molar-refractivity contribution is -0.147. The molecule has 1 atom stereocenters. The van der Waals surface area contributed by atoms with Gasteiger partial charge in [0.25, 0.3) is 0 Å². The number of nitrogens with zero attached hydrogens (tertiary/aromatic N) is 1. The molecule has 1 saturated heterocycles. The van der Waals surface area contributed by atoms with E-state index in [-0.39, 0.29) is 30.3 Å². The number of ketones is 1. The minimum absolute atomic E-state index is 0.0237. The van der Waals surface area contributed by atoms with Crippen molar-refractivity contribution in [1.82, 2.24) is 0 Å². The van der Waals surface area contributed by atoms with Crippen LogP contribution in [0.4, 0.5) is 10.1 Å². The summed E-state index contributed by atoms with van der Waals surface area (Å²) in [5, 5.41) is 0. The lowest BCUT2D eigenvalue weighted by atomic mass is 10.1. The largest absolute Gasteiger partial charge is 0.494 e. The molecule has 0 radical (unpaired) electrons. The van der Waals surface area contributed by atoms with Gasteiger partial charge in [-0.3, -0.25) is 14.4 Å². The fourth-order valence-corrected chi connectivity index (χ4v) is 3.01. The molecule has 0 spiro atoms. The lowest BCUT2D eigenvalue weighted by Crippen LogP contribution is -2.27. The van der Waals surface area contributed by atoms with E-state index in [4.69, 9.17) is 9.47 Å². The van der Waals surface area contributed by atoms with Crippen LogP contribution in [0.3, 0.4) is 0 Å². The highest BCUT2D eigenvalue weighted by atomic mass is 19.1. The normalized spacial score (nSPS) is 16.1. The summed E-state index contributed by atoms with van der Waals surface area (Å²) in [6, 6.07) is 12.4. The first-order valence-corrected chi connectivity index (χ1v) is 8.97. The summed E-state index contributed by atoms with van der Waals surface area (Å²) in [6.45, 7) is 1.99. The zero-order valence-corrected chi connectivity index (χ0v) is 15.4. The first-order valence-electron chi connectivity index (χ1n) is 8.97. The molecule has 0 N–H and O–H groups in total. The van der Waals surface area contributed by atoms with Crippen molar-refractivity contribution in [2.75, 3.05) is 24.7 Å². The van der Waals surface area contributed by atoms with E-state index in [1.807, 2.05) is 6.92 Å². The molecule has 1 fully saturated rings. The Morgan fingerprint density at radius 2 is 1.86 bits per heavy atom. The molecule has 1 heterocycles. The maximum absolute atomic E-state index is 13.9. The highest BCUT2D eigenvalue weighted by Crippen LogP contribution is 2.27. The first kappa shape index (κ1) is 19.5. The van der Waals surface area contributed by atoms with Crippen LogP contribution in [0.5, 0.6) is 5.75 Å². The SMILES string of the molecule is CCOc1ccc(C(=O)COC(=O)[C@@H]2CC(=O)N(c3ccccc3F)C2)cc1. The van der Waals surface area contributed by atoms with E-state index < -0.39 is 24.3 Å². The van der Waals surface area contributed by atoms with Gasteiger partial charge < -0.3 is 14.4 Å². The lowest BCUT2D eigenvalue weighted by Gasteiger charge is -2.17. The van der Waals surface area contributed by atoms with E-state index in [0.717, 1.165) is 0 Å². The summed E-state index contributed by atoms with van der Waals surface area (Å²) < 4.78 is 24.3. The fraction of sp³-hybridized carbons (Fsp3) is 0.286. The van der Waals surface area contributed by atoms with Crippen LogP contribution in [0.1, 0.15) is 23.7 Å². The summed E-state index contributed by atoms with van der Waals surface area (Å²) in [7, 11) is 0. The van der Waals surface area contributed by atoms with Crippen LogP contribution in [0.25, 0.3) is 0 Å². The van der Waals surface area contributed by atoms with Crippen molar-refractivity contribution >= 4 is 23.3 Å². The van der Waals surface area contributed by atoms with Gasteiger partial charge in [0.15, 0.2) is 12.4 Å². The molecule has 0 bridgehead atoms. The van der Waals surface area contributed by atoms with Crippen LogP contribution in [-0.2, 0) is 14.3 Å². The molecular formula is C21H20FNO5. The molecule has 1 aliphatic rings. The van der Waals surface area contributed by atoms with E-state index in [9.17, 15) is 18.8 Å². The number of ether oxygens (including phenoxy) is 2. The van der Waals surface area contributed by atoms with Gasteiger partial charge in [-0.15, -0.1) is 0 Å². The van der Waals surface area contributed by atoms with E-state index in [1.165, 1.54) is 23.1 Å². The summed E-state index contributed by atoms with van der Waals surface area (Å²) in [4.78, 5) is 37.8. The van der Waals surface area contributed by atoms with Gasteiger partial charge >= 0.3 is 5.97 Å². The zero-order chi connectivity index (χ0) is 20.1. The molecule has 0 saturated carbocycles. The van der Waals surface area contributed by atoms with Crippen molar-refractivity contribution in [1.29, 1.82) is 0 Å². The molecule has 0 aromatic heterocycles. The number of carbonyl (C=O) groups excluding carboxylic acids is 3. The van der Waals surface area contributed by atoms with Crippen LogP contribution in [0.2, 0.25) is 0 Å². The van der Waals surface area contributed by atoms with Gasteiger partial charge in [0.05, 0.1) is 18.2 Å². The predicted molar refractivity (Wildman–Crippen MR) is 99.8 cm³/mol. The number of para-hydroxylation sites is 1. The molecule has 2 aromatic carbocycles. The number of halogens is 1. The number of benzene rings is 2. The maximum atomic E-state index is 13.9. The summed E-state index contributed by atoms with van der Waals surface area (Å²) in [6.07, 6.45) is -0.0790. The van der Waals surface area contributed by atoms with E-state index in [1.54, 1.807) is 30.3 Å². The predicted octanol–water partition coefficient (Wildman–Crippen LogP) is 3.00. The van der Waals surface area contributed by atoms with Gasteiger partial charge in [0, 0.05) is 18.5 Å². The van der Waals surface area contributed by atoms with Crippen LogP contribution < -0.4 is 9.64 Å². The Hall–Kier alpha value is -3.22. The molecular weight excluding hydrogens is 365 g/mol. The summed E-state index contributed by atoms with van der Waals surface area (Å²) >= 11 is 0. The van der Waals surface area contributed by atoms with Crippen LogP contribution in [0, 0.1) is 11.7 Å². The molecule has 0 unspecified atom stereocenters. The second-order valence-electron chi connectivity index (χ2n) is 6.35. The van der Waals surface area contributed by atoms with Gasteiger partial charge in [-0.05, 0) is 43.3 Å². The molecule has 7 heteroatoms. The van der Waals surface area contributed by atoms with E-state index in [0.29, 0.717) is 17.9 Å². The second kappa shape index (κ2) is 8.65. The average Bonchev–Trinajstić information content (AvgIpc) is 3.08. The highest BCUT2D eigenvalue weighted by Gasteiger charge is 2.37. The molecule has 28 heavy (non-hydrogen) atoms. The Kier molecular flexibility index (Phi) is 6.03. The van der Waals surface area contributed by atoms with Crippen LogP contribution in [0.15, 0.2) is 48.5 Å². The number of Topliss-reactive ketones (excluding diaryl/α,β-unsaturated/α-hetero) is 1. The van der Waals surface area contributed by atoms with Crippen molar-refractivity contribution in [3.8, 4) is 5.75 Å². The number of carbonyl (C=O) groups is 3. The zero-order valence-electron chi connectivity index (χ0n) is 15.4. The molecule has 146 valence electrons. The van der Waals surface area contributed by atoms with Crippen LogP contribution in [-0.4, -0.2) is 37.4 Å². The summed E-state index contributed by atoms with van der Waals surface area (Å²) in [5.41, 5.74) is 0.528. The number of esters is 1. The van der Waals surface area contributed by atoms with E-state index >= 15 is 0 Å². The maximum Gasteiger partial charge on any atom is 0.311 e. The smallest absolute Gasteiger partial charge is 0.311 e. The van der Waals surface area contributed by atoms with Gasteiger partial charge in [0.1, 0.15) is 11.6 Å². The quantitative estimate of drug-likeness (QED) is 0.541. The number of hydrogen-bond acceptors (Lipinski definition) is 5. The van der Waals surface area contributed by atoms with Crippen molar-refractivity contribution in [3.63, 3.8) is 0 Å². The molecule has 0 aliphatic carbocycles. The Labute approximate surface area is 161 Å². The topological polar surface area (TPSA) is 72.9 Å². The number of hydrogen-bond donors (Lipinski definition) is 0. The minimum atomic E-state index is -0.736. The van der Waals surface area contributed by atoms with Crippen molar-refractivity contribution in [2.24, 2.45) is 5.92 Å². The molecule has 3 rings (SSSR count). The third-order valence-corrected chi connectivity index (χ3v) is 4.43. The monoisotopic (exact) mass is 385 g/mol. The standard InChI is InChI=1S/C21H20FNO5/c1-2-27-16-9-7-14(8-10-16)19(24)13-28-21(26)15-11-20(25)23(12-15)18-6-4-3-5-17(18)22/h3-10,15H,2,11-13H2,1H3/t15-/m1/s1. The Bertz CT molecular complexity index is 881. The number of rotatable bonds is 7. The second-order valence-corrected chi connectivity index (χ2v) is 6.35.